The minimum atomic E-state index is -1.56. The molecular weight excluding hydrogens is 1020 g/mol. The number of H-pyrrole nitrogens is 2. The van der Waals surface area contributed by atoms with E-state index in [1.807, 2.05) is 0 Å². The van der Waals surface area contributed by atoms with E-state index in [9.17, 15) is 0 Å². The van der Waals surface area contributed by atoms with Crippen LogP contribution in [0.15, 0.2) is 115 Å². The molecule has 5 heterocycles. The summed E-state index contributed by atoms with van der Waals surface area (Å²) in [6.45, 7) is 26.8. The summed E-state index contributed by atoms with van der Waals surface area (Å²) >= 11 is 2.40. The second-order valence-electron chi connectivity index (χ2n) is 21.9. The smallest absolute Gasteiger partial charge is 0.129 e. The average Bonchev–Trinajstić information content (AvgIpc) is 4.17. The molecule has 0 fully saturated rings. The summed E-state index contributed by atoms with van der Waals surface area (Å²) in [4.78, 5) is 19.2. The largest absolute Gasteiger partial charge is 0.354 e. The Labute approximate surface area is 446 Å². The van der Waals surface area contributed by atoms with Crippen molar-refractivity contribution in [1.82, 2.24) is 19.9 Å². The Morgan fingerprint density at radius 2 is 0.795 bits per heavy atom. The van der Waals surface area contributed by atoms with Crippen LogP contribution in [0.2, 0.25) is 19.6 Å². The molecule has 2 aliphatic rings. The minimum Gasteiger partial charge on any atom is -0.354 e. The van der Waals surface area contributed by atoms with Gasteiger partial charge in [0.15, 0.2) is 0 Å². The zero-order valence-electron chi connectivity index (χ0n) is 44.1. The number of aryl methyl sites for hydroxylation is 6. The molecular formula is C67H61IN4Si. The van der Waals surface area contributed by atoms with Crippen LogP contribution in [-0.2, 0) is 5.41 Å². The van der Waals surface area contributed by atoms with Crippen molar-refractivity contribution in [3.05, 3.63) is 197 Å². The van der Waals surface area contributed by atoms with Crippen LogP contribution in [0, 0.1) is 68.4 Å². The SMILES string of the molecule is Cc1cc(C)c(-c2c3nc(c(-c4ccc(C#C[Si](C)(C)C)cc4)c4ccc([nH]4)c(-c4c(C)cc(C)cc4C)c4nc(c(-c5ccc(C#Cc6cc(I)cc(C(C)(C)C)c6)cc5)c5ccc2[nH]5)C=C4)C=C3)c(C)c1. The highest BCUT2D eigenvalue weighted by Gasteiger charge is 2.22. The van der Waals surface area contributed by atoms with E-state index in [1.54, 1.807) is 0 Å². The Balaban J connectivity index is 1.28. The third-order valence-corrected chi connectivity index (χ3v) is 15.1. The number of halogens is 1. The van der Waals surface area contributed by atoms with Gasteiger partial charge in [-0.3, -0.25) is 0 Å². The van der Waals surface area contributed by atoms with Gasteiger partial charge in [0.1, 0.15) is 8.07 Å². The van der Waals surface area contributed by atoms with Crippen LogP contribution in [0.1, 0.15) is 99.2 Å². The monoisotopic (exact) mass is 1080 g/mol. The summed E-state index contributed by atoms with van der Waals surface area (Å²) in [5.41, 5.74) is 31.1. The van der Waals surface area contributed by atoms with Gasteiger partial charge in [-0.05, 0) is 211 Å². The molecule has 0 saturated carbocycles. The molecule has 0 unspecified atom stereocenters. The van der Waals surface area contributed by atoms with E-state index in [0.29, 0.717) is 0 Å². The highest BCUT2D eigenvalue weighted by atomic mass is 127. The quantitative estimate of drug-likeness (QED) is 0.105. The molecule has 73 heavy (non-hydrogen) atoms. The highest BCUT2D eigenvalue weighted by Crippen LogP contribution is 2.41. The molecule has 3 aromatic heterocycles. The molecule has 0 aliphatic carbocycles. The number of hydrogen-bond donors (Lipinski definition) is 2. The molecule has 10 rings (SSSR count). The summed E-state index contributed by atoms with van der Waals surface area (Å²) in [6, 6.07) is 41.9. The van der Waals surface area contributed by atoms with Crippen LogP contribution >= 0.6 is 22.6 Å². The van der Waals surface area contributed by atoms with Crippen LogP contribution in [-0.4, -0.2) is 28.0 Å². The first-order valence-electron chi connectivity index (χ1n) is 25.2. The predicted molar refractivity (Wildman–Crippen MR) is 323 cm³/mol. The number of fused-ring (bicyclic) bond motifs is 8. The van der Waals surface area contributed by atoms with E-state index in [1.165, 1.54) is 53.6 Å². The molecule has 5 aromatic carbocycles. The Hall–Kier alpha value is -7.23. The van der Waals surface area contributed by atoms with Crippen molar-refractivity contribution in [2.75, 3.05) is 0 Å². The Morgan fingerprint density at radius 1 is 0.425 bits per heavy atom. The van der Waals surface area contributed by atoms with E-state index in [4.69, 9.17) is 9.97 Å². The zero-order chi connectivity index (χ0) is 51.5. The van der Waals surface area contributed by atoms with E-state index in [2.05, 4.69) is 277 Å². The molecule has 0 atom stereocenters. The molecule has 4 nitrogen and oxygen atoms in total. The van der Waals surface area contributed by atoms with E-state index < -0.39 is 8.07 Å². The summed E-state index contributed by atoms with van der Waals surface area (Å²) in [5.74, 6) is 10.4. The number of nitrogens with zero attached hydrogens (tertiary/aromatic N) is 2. The van der Waals surface area contributed by atoms with Gasteiger partial charge in [0.25, 0.3) is 0 Å². The fourth-order valence-corrected chi connectivity index (χ4v) is 11.6. The normalized spacial score (nSPS) is 12.1. The minimum absolute atomic E-state index is 0.0334. The standard InChI is InChI=1S/C67H61IN4Si/c1-40-33-42(3)61(43(4)34-40)65-57-27-23-53(69-57)63(49-19-15-46(16-20-49)13-14-48-37-51(67(7,8)9)39-52(68)38-48)54-24-28-58(70-54)66(62-44(5)35-41(2)36-45(62)6)60-30-26-56(72-60)64(55-25-29-59(65)71-55)50-21-17-47(18-22-50)31-32-73(10,11)12/h15-30,33-39,69,72H,1-12H3. The topological polar surface area (TPSA) is 57.4 Å². The predicted octanol–water partition coefficient (Wildman–Crippen LogP) is 17.7. The van der Waals surface area contributed by atoms with Crippen LogP contribution in [0.25, 0.3) is 90.9 Å². The molecule has 8 bridgehead atoms. The highest BCUT2D eigenvalue weighted by molar-refractivity contribution is 14.1. The molecule has 2 aliphatic heterocycles. The molecule has 6 heteroatoms. The second kappa shape index (κ2) is 19.3. The van der Waals surface area contributed by atoms with Crippen molar-refractivity contribution >= 4 is 77.0 Å². The fraction of sp³-hybridized carbons (Fsp3) is 0.194. The summed E-state index contributed by atoms with van der Waals surface area (Å²) < 4.78 is 1.19. The van der Waals surface area contributed by atoms with Crippen LogP contribution < -0.4 is 0 Å². The van der Waals surface area contributed by atoms with Gasteiger partial charge in [-0.2, -0.15) is 0 Å². The lowest BCUT2D eigenvalue weighted by Crippen LogP contribution is -2.16. The van der Waals surface area contributed by atoms with Gasteiger partial charge in [-0.15, -0.1) is 5.54 Å². The van der Waals surface area contributed by atoms with Gasteiger partial charge in [-0.25, -0.2) is 9.97 Å². The lowest BCUT2D eigenvalue weighted by molar-refractivity contribution is 0.589. The Morgan fingerprint density at radius 3 is 1.19 bits per heavy atom. The maximum Gasteiger partial charge on any atom is 0.129 e. The van der Waals surface area contributed by atoms with Gasteiger partial charge in [-0.1, -0.05) is 118 Å². The zero-order valence-corrected chi connectivity index (χ0v) is 47.2. The molecule has 0 amide bonds. The third kappa shape index (κ3) is 10.3. The average molecular weight is 1080 g/mol. The number of aromatic nitrogens is 4. The van der Waals surface area contributed by atoms with E-state index in [0.717, 1.165) is 94.9 Å². The first-order chi connectivity index (χ1) is 34.8. The van der Waals surface area contributed by atoms with Crippen molar-refractivity contribution in [3.8, 4) is 67.8 Å². The van der Waals surface area contributed by atoms with Crippen molar-refractivity contribution in [2.45, 2.75) is 87.4 Å². The molecule has 0 spiro atoms. The van der Waals surface area contributed by atoms with Crippen LogP contribution in [0.5, 0.6) is 0 Å². The van der Waals surface area contributed by atoms with E-state index >= 15 is 0 Å². The van der Waals surface area contributed by atoms with Gasteiger partial charge >= 0.3 is 0 Å². The van der Waals surface area contributed by atoms with Gasteiger partial charge < -0.3 is 9.97 Å². The third-order valence-electron chi connectivity index (χ3n) is 13.7. The Bertz CT molecular complexity index is 3830. The summed E-state index contributed by atoms with van der Waals surface area (Å²) in [7, 11) is -1.56. The maximum atomic E-state index is 5.63. The van der Waals surface area contributed by atoms with Crippen molar-refractivity contribution < 1.29 is 0 Å². The van der Waals surface area contributed by atoms with Gasteiger partial charge in [0, 0.05) is 64.6 Å². The maximum absolute atomic E-state index is 5.63. The van der Waals surface area contributed by atoms with Gasteiger partial charge in [0.05, 0.1) is 22.8 Å². The summed E-state index contributed by atoms with van der Waals surface area (Å²) in [6.07, 6.45) is 8.73. The number of nitrogens with one attached hydrogen (secondary N) is 2. The number of benzene rings is 5. The molecule has 360 valence electrons. The first-order valence-corrected chi connectivity index (χ1v) is 29.7. The molecule has 0 saturated heterocycles. The summed E-state index contributed by atoms with van der Waals surface area (Å²) in [5, 5.41) is 0. The lowest BCUT2D eigenvalue weighted by atomic mass is 9.86. The lowest BCUT2D eigenvalue weighted by Gasteiger charge is -2.19. The number of aromatic amines is 2. The fourth-order valence-electron chi connectivity index (χ4n) is 10.4. The van der Waals surface area contributed by atoms with E-state index in [-0.39, 0.29) is 5.41 Å². The van der Waals surface area contributed by atoms with Gasteiger partial charge in [0.2, 0.25) is 0 Å². The van der Waals surface area contributed by atoms with Crippen molar-refractivity contribution in [2.24, 2.45) is 0 Å². The van der Waals surface area contributed by atoms with Crippen LogP contribution in [0.4, 0.5) is 0 Å². The number of rotatable bonds is 4. The molecule has 2 N–H and O–H groups in total. The molecule has 0 radical (unpaired) electrons. The van der Waals surface area contributed by atoms with Crippen molar-refractivity contribution in [1.29, 1.82) is 0 Å². The first kappa shape index (κ1) is 49.4. The van der Waals surface area contributed by atoms with Crippen LogP contribution in [0.3, 0.4) is 0 Å². The molecule has 8 aromatic rings. The Kier molecular flexibility index (Phi) is 13.1. The van der Waals surface area contributed by atoms with Crippen molar-refractivity contribution in [3.63, 3.8) is 0 Å². The second-order valence-corrected chi connectivity index (χ2v) is 27.9. The number of hydrogen-bond acceptors (Lipinski definition) is 2.